The van der Waals surface area contributed by atoms with E-state index in [0.717, 1.165) is 64.9 Å². The first-order valence-corrected chi connectivity index (χ1v) is 8.53. The molecule has 1 heterocycles. The summed E-state index contributed by atoms with van der Waals surface area (Å²) in [6, 6.07) is 10.4. The van der Waals surface area contributed by atoms with Crippen LogP contribution in [0.3, 0.4) is 0 Å². The van der Waals surface area contributed by atoms with Gasteiger partial charge in [0.2, 0.25) is 0 Å². The van der Waals surface area contributed by atoms with Crippen LogP contribution in [0.2, 0.25) is 0 Å². The fraction of sp³-hybridized carbons (Fsp3) is 0.368. The molecule has 0 aliphatic heterocycles. The minimum Gasteiger partial charge on any atom is -0.496 e. The maximum Gasteiger partial charge on any atom is 0.156 e. The highest BCUT2D eigenvalue weighted by Crippen LogP contribution is 2.34. The lowest BCUT2D eigenvalue weighted by molar-refractivity contribution is 0.420. The predicted octanol–water partition coefficient (Wildman–Crippen LogP) is 4.44. The lowest BCUT2D eigenvalue weighted by atomic mass is 10.0. The highest BCUT2D eigenvalue weighted by Gasteiger charge is 2.12. The summed E-state index contributed by atoms with van der Waals surface area (Å²) in [5.41, 5.74) is 0. The molecule has 0 amide bonds. The van der Waals surface area contributed by atoms with Gasteiger partial charge in [0, 0.05) is 29.2 Å². The monoisotopic (exact) mass is 324 g/mol. The Labute approximate surface area is 142 Å². The molecule has 2 aromatic carbocycles. The molecule has 0 aliphatic rings. The van der Waals surface area contributed by atoms with Crippen LogP contribution in [0.1, 0.15) is 26.7 Å². The number of fused-ring (bicyclic) bond motifs is 2. The normalized spacial score (nSPS) is 11.0. The Balaban J connectivity index is 2.24. The van der Waals surface area contributed by atoms with Gasteiger partial charge in [-0.25, -0.2) is 0 Å². The van der Waals surface area contributed by atoms with Gasteiger partial charge in [0.15, 0.2) is 11.6 Å². The molecule has 24 heavy (non-hydrogen) atoms. The zero-order valence-corrected chi connectivity index (χ0v) is 14.5. The van der Waals surface area contributed by atoms with Gasteiger partial charge in [0.1, 0.15) is 5.75 Å². The molecule has 126 valence electrons. The topological polar surface area (TPSA) is 59.1 Å². The van der Waals surface area contributed by atoms with E-state index in [1.165, 1.54) is 0 Å². The number of nitrogens with one attached hydrogen (secondary N) is 2. The van der Waals surface area contributed by atoms with Crippen LogP contribution < -0.4 is 15.4 Å². The van der Waals surface area contributed by atoms with Crippen LogP contribution in [0.4, 0.5) is 11.6 Å². The van der Waals surface area contributed by atoms with Crippen LogP contribution in [-0.2, 0) is 0 Å². The number of anilines is 2. The second-order valence-electron chi connectivity index (χ2n) is 5.83. The van der Waals surface area contributed by atoms with Gasteiger partial charge < -0.3 is 15.4 Å². The van der Waals surface area contributed by atoms with Gasteiger partial charge in [-0.2, -0.15) is 0 Å². The molecule has 0 atom stereocenters. The quantitative estimate of drug-likeness (QED) is 0.629. The van der Waals surface area contributed by atoms with Gasteiger partial charge in [0.05, 0.1) is 7.11 Å². The number of aromatic nitrogens is 2. The van der Waals surface area contributed by atoms with E-state index in [2.05, 4.69) is 52.9 Å². The Bertz CT molecular complexity index is 848. The molecule has 0 bridgehead atoms. The lowest BCUT2D eigenvalue weighted by Crippen LogP contribution is -2.08. The number of nitrogens with zero attached hydrogens (tertiary/aromatic N) is 2. The molecule has 0 saturated heterocycles. The van der Waals surface area contributed by atoms with Crippen LogP contribution in [0.25, 0.3) is 21.5 Å². The van der Waals surface area contributed by atoms with Crippen molar-refractivity contribution in [3.05, 3.63) is 30.3 Å². The third-order valence-electron chi connectivity index (χ3n) is 4.04. The van der Waals surface area contributed by atoms with E-state index >= 15 is 0 Å². The Kier molecular flexibility index (Phi) is 4.99. The van der Waals surface area contributed by atoms with Crippen LogP contribution in [0.5, 0.6) is 5.75 Å². The summed E-state index contributed by atoms with van der Waals surface area (Å²) >= 11 is 0. The maximum atomic E-state index is 5.52. The van der Waals surface area contributed by atoms with E-state index in [1.807, 2.05) is 12.1 Å². The molecule has 0 saturated carbocycles. The summed E-state index contributed by atoms with van der Waals surface area (Å²) in [6.45, 7) is 6.02. The molecule has 0 radical (unpaired) electrons. The van der Waals surface area contributed by atoms with Crippen LogP contribution in [-0.4, -0.2) is 30.4 Å². The summed E-state index contributed by atoms with van der Waals surface area (Å²) in [6.07, 6.45) is 2.08. The fourth-order valence-electron chi connectivity index (χ4n) is 2.82. The van der Waals surface area contributed by atoms with Crippen molar-refractivity contribution >= 4 is 33.2 Å². The van der Waals surface area contributed by atoms with Crippen molar-refractivity contribution in [2.75, 3.05) is 30.8 Å². The first kappa shape index (κ1) is 16.3. The van der Waals surface area contributed by atoms with Crippen LogP contribution >= 0.6 is 0 Å². The summed E-state index contributed by atoms with van der Waals surface area (Å²) in [5.74, 6) is 2.52. The minimum atomic E-state index is 0.821. The molecule has 5 nitrogen and oxygen atoms in total. The smallest absolute Gasteiger partial charge is 0.156 e. The number of hydrogen-bond donors (Lipinski definition) is 2. The Morgan fingerprint density at radius 3 is 2.08 bits per heavy atom. The van der Waals surface area contributed by atoms with Gasteiger partial charge >= 0.3 is 0 Å². The van der Waals surface area contributed by atoms with Gasteiger partial charge in [-0.15, -0.1) is 10.2 Å². The number of ether oxygens (including phenoxy) is 1. The number of rotatable bonds is 7. The number of methoxy groups -OCH3 is 1. The van der Waals surface area contributed by atoms with Crippen LogP contribution in [0, 0.1) is 0 Å². The Morgan fingerprint density at radius 1 is 0.875 bits per heavy atom. The van der Waals surface area contributed by atoms with E-state index in [0.29, 0.717) is 0 Å². The van der Waals surface area contributed by atoms with Crippen molar-refractivity contribution in [1.29, 1.82) is 0 Å². The number of hydrogen-bond acceptors (Lipinski definition) is 5. The van der Waals surface area contributed by atoms with Crippen molar-refractivity contribution in [1.82, 2.24) is 10.2 Å². The molecule has 0 unspecified atom stereocenters. The fourth-order valence-corrected chi connectivity index (χ4v) is 2.82. The van der Waals surface area contributed by atoms with Gasteiger partial charge in [0.25, 0.3) is 0 Å². The molecule has 3 rings (SSSR count). The molecular formula is C19H24N4O. The van der Waals surface area contributed by atoms with Crippen molar-refractivity contribution in [2.45, 2.75) is 26.7 Å². The van der Waals surface area contributed by atoms with E-state index in [1.54, 1.807) is 7.11 Å². The van der Waals surface area contributed by atoms with Gasteiger partial charge in [-0.05, 0) is 36.4 Å². The average molecular weight is 324 g/mol. The van der Waals surface area contributed by atoms with E-state index < -0.39 is 0 Å². The second kappa shape index (κ2) is 7.34. The first-order valence-electron chi connectivity index (χ1n) is 8.53. The molecule has 1 aromatic heterocycles. The second-order valence-corrected chi connectivity index (χ2v) is 5.83. The predicted molar refractivity (Wildman–Crippen MR) is 101 cm³/mol. The van der Waals surface area contributed by atoms with E-state index in [9.17, 15) is 0 Å². The van der Waals surface area contributed by atoms with Crippen molar-refractivity contribution in [2.24, 2.45) is 0 Å². The molecule has 0 aliphatic carbocycles. The SMILES string of the molecule is CCCNc1nnc(NCCC)c2cc3c(OC)cccc3cc12. The molecule has 0 spiro atoms. The zero-order chi connectivity index (χ0) is 16.9. The largest absolute Gasteiger partial charge is 0.496 e. The summed E-state index contributed by atoms with van der Waals surface area (Å²) in [4.78, 5) is 0. The Hall–Kier alpha value is -2.56. The molecular weight excluding hydrogens is 300 g/mol. The standard InChI is InChI=1S/C19H24N4O/c1-4-9-20-18-15-11-13-7-6-8-17(24-3)14(13)12-16(15)19(23-22-18)21-10-5-2/h6-8,11-12H,4-5,9-10H2,1-3H3,(H,20,22)(H,21,23). The van der Waals surface area contributed by atoms with Crippen molar-refractivity contribution < 1.29 is 4.74 Å². The summed E-state index contributed by atoms with van der Waals surface area (Å²) < 4.78 is 5.52. The molecule has 2 N–H and O–H groups in total. The zero-order valence-electron chi connectivity index (χ0n) is 14.5. The molecule has 0 fully saturated rings. The summed E-state index contributed by atoms with van der Waals surface area (Å²) in [7, 11) is 1.70. The van der Waals surface area contributed by atoms with Crippen molar-refractivity contribution in [3.63, 3.8) is 0 Å². The van der Waals surface area contributed by atoms with Gasteiger partial charge in [-0.1, -0.05) is 26.0 Å². The van der Waals surface area contributed by atoms with Crippen LogP contribution in [0.15, 0.2) is 30.3 Å². The lowest BCUT2D eigenvalue weighted by Gasteiger charge is -2.14. The Morgan fingerprint density at radius 2 is 1.50 bits per heavy atom. The third-order valence-corrected chi connectivity index (χ3v) is 4.04. The third kappa shape index (κ3) is 3.07. The van der Waals surface area contributed by atoms with E-state index in [4.69, 9.17) is 4.74 Å². The molecule has 5 heteroatoms. The summed E-state index contributed by atoms with van der Waals surface area (Å²) in [5, 5.41) is 19.9. The maximum absolute atomic E-state index is 5.52. The highest BCUT2D eigenvalue weighted by atomic mass is 16.5. The van der Waals surface area contributed by atoms with E-state index in [-0.39, 0.29) is 0 Å². The minimum absolute atomic E-state index is 0.821. The average Bonchev–Trinajstić information content (AvgIpc) is 2.63. The molecule has 3 aromatic rings. The number of benzene rings is 2. The first-order chi connectivity index (χ1) is 11.8. The highest BCUT2D eigenvalue weighted by molar-refractivity contribution is 6.08. The van der Waals surface area contributed by atoms with Crippen molar-refractivity contribution in [3.8, 4) is 5.75 Å². The van der Waals surface area contributed by atoms with Gasteiger partial charge in [-0.3, -0.25) is 0 Å².